The maximum absolute atomic E-state index is 6.08. The molecule has 2 N–H and O–H groups in total. The van der Waals surface area contributed by atoms with Crippen LogP contribution in [0.4, 0.5) is 11.4 Å². The lowest BCUT2D eigenvalue weighted by Crippen LogP contribution is -2.19. The minimum Gasteiger partial charge on any atom is -0.397 e. The van der Waals surface area contributed by atoms with E-state index in [0.29, 0.717) is 0 Å². The molecule has 0 atom stereocenters. The number of anilines is 2. The van der Waals surface area contributed by atoms with Gasteiger partial charge in [0.1, 0.15) is 6.33 Å². The highest BCUT2D eigenvalue weighted by molar-refractivity contribution is 5.70. The van der Waals surface area contributed by atoms with Crippen molar-refractivity contribution in [2.45, 2.75) is 12.8 Å². The molecule has 1 aliphatic rings. The van der Waals surface area contributed by atoms with E-state index in [0.717, 1.165) is 30.2 Å². The van der Waals surface area contributed by atoms with Gasteiger partial charge in [-0.25, -0.2) is 4.68 Å². The van der Waals surface area contributed by atoms with Gasteiger partial charge in [0.05, 0.1) is 17.1 Å². The molecule has 0 saturated carbocycles. The molecule has 1 saturated heterocycles. The van der Waals surface area contributed by atoms with Gasteiger partial charge in [0.2, 0.25) is 0 Å². The molecule has 0 bridgehead atoms. The van der Waals surface area contributed by atoms with Crippen LogP contribution in [0, 0.1) is 0 Å². The van der Waals surface area contributed by atoms with Gasteiger partial charge in [-0.15, -0.1) is 5.10 Å². The van der Waals surface area contributed by atoms with E-state index < -0.39 is 0 Å². The zero-order chi connectivity index (χ0) is 11.7. The van der Waals surface area contributed by atoms with Crippen molar-refractivity contribution in [3.63, 3.8) is 0 Å². The molecule has 1 aliphatic heterocycles. The van der Waals surface area contributed by atoms with Gasteiger partial charge in [0.15, 0.2) is 0 Å². The van der Waals surface area contributed by atoms with E-state index in [1.807, 2.05) is 18.2 Å². The number of aromatic nitrogens is 4. The average Bonchev–Trinajstić information content (AvgIpc) is 3.02. The maximum Gasteiger partial charge on any atom is 0.143 e. The molecule has 0 radical (unpaired) electrons. The third kappa shape index (κ3) is 1.82. The number of hydrogen-bond acceptors (Lipinski definition) is 5. The third-order valence-corrected chi connectivity index (χ3v) is 3.07. The Balaban J connectivity index is 1.94. The van der Waals surface area contributed by atoms with Crippen molar-refractivity contribution in [3.8, 4) is 5.69 Å². The lowest BCUT2D eigenvalue weighted by atomic mass is 10.2. The van der Waals surface area contributed by atoms with E-state index in [2.05, 4.69) is 20.4 Å². The van der Waals surface area contributed by atoms with E-state index in [4.69, 9.17) is 5.73 Å². The number of nitrogen functional groups attached to an aromatic ring is 1. The summed E-state index contributed by atoms with van der Waals surface area (Å²) in [6.07, 6.45) is 4.05. The van der Waals surface area contributed by atoms with Gasteiger partial charge in [-0.3, -0.25) is 0 Å². The van der Waals surface area contributed by atoms with Crippen molar-refractivity contribution < 1.29 is 0 Å². The molecule has 6 nitrogen and oxygen atoms in total. The third-order valence-electron chi connectivity index (χ3n) is 3.07. The molecule has 2 aromatic rings. The lowest BCUT2D eigenvalue weighted by molar-refractivity contribution is 0.789. The molecule has 88 valence electrons. The Labute approximate surface area is 99.0 Å². The number of hydrogen-bond donors (Lipinski definition) is 1. The summed E-state index contributed by atoms with van der Waals surface area (Å²) in [6, 6.07) is 5.93. The standard InChI is InChI=1S/C11H14N6/c12-10-7-9(17-8-13-14-15-17)3-4-11(10)16-5-1-2-6-16/h3-4,7-8H,1-2,5-6,12H2. The van der Waals surface area contributed by atoms with Crippen LogP contribution in [0.2, 0.25) is 0 Å². The maximum atomic E-state index is 6.08. The summed E-state index contributed by atoms with van der Waals surface area (Å²) in [4.78, 5) is 2.32. The first kappa shape index (κ1) is 10.1. The van der Waals surface area contributed by atoms with Crippen LogP contribution >= 0.6 is 0 Å². The van der Waals surface area contributed by atoms with Crippen LogP contribution < -0.4 is 10.6 Å². The monoisotopic (exact) mass is 230 g/mol. The van der Waals surface area contributed by atoms with E-state index >= 15 is 0 Å². The van der Waals surface area contributed by atoms with Crippen LogP contribution in [-0.2, 0) is 0 Å². The van der Waals surface area contributed by atoms with Crippen LogP contribution in [0.15, 0.2) is 24.5 Å². The molecular weight excluding hydrogens is 216 g/mol. The van der Waals surface area contributed by atoms with Gasteiger partial charge in [-0.05, 0) is 41.5 Å². The largest absolute Gasteiger partial charge is 0.397 e. The Hall–Kier alpha value is -2.11. The topological polar surface area (TPSA) is 72.9 Å². The van der Waals surface area contributed by atoms with Crippen molar-refractivity contribution in [2.24, 2.45) is 0 Å². The quantitative estimate of drug-likeness (QED) is 0.774. The van der Waals surface area contributed by atoms with Crippen LogP contribution in [0.5, 0.6) is 0 Å². The first-order valence-corrected chi connectivity index (χ1v) is 5.72. The number of benzene rings is 1. The van der Waals surface area contributed by atoms with E-state index in [1.165, 1.54) is 12.8 Å². The predicted octanol–water partition coefficient (Wildman–Crippen LogP) is 0.845. The zero-order valence-corrected chi connectivity index (χ0v) is 9.45. The van der Waals surface area contributed by atoms with Gasteiger partial charge in [-0.1, -0.05) is 0 Å². The summed E-state index contributed by atoms with van der Waals surface area (Å²) in [5.74, 6) is 0. The van der Waals surface area contributed by atoms with Crippen molar-refractivity contribution in [1.29, 1.82) is 0 Å². The highest BCUT2D eigenvalue weighted by atomic mass is 15.5. The summed E-state index contributed by atoms with van der Waals surface area (Å²) >= 11 is 0. The highest BCUT2D eigenvalue weighted by Gasteiger charge is 2.15. The van der Waals surface area contributed by atoms with E-state index in [1.54, 1.807) is 11.0 Å². The fraction of sp³-hybridized carbons (Fsp3) is 0.364. The second-order valence-corrected chi connectivity index (χ2v) is 4.19. The summed E-state index contributed by atoms with van der Waals surface area (Å²) < 4.78 is 1.60. The SMILES string of the molecule is Nc1cc(-n2cnnn2)ccc1N1CCCC1. The van der Waals surface area contributed by atoms with Gasteiger partial charge < -0.3 is 10.6 Å². The van der Waals surface area contributed by atoms with Crippen LogP contribution in [-0.4, -0.2) is 33.3 Å². The molecule has 17 heavy (non-hydrogen) atoms. The number of nitrogens with two attached hydrogens (primary N) is 1. The normalized spacial score (nSPS) is 15.4. The van der Waals surface area contributed by atoms with Crippen molar-refractivity contribution >= 4 is 11.4 Å². The first-order valence-electron chi connectivity index (χ1n) is 5.72. The van der Waals surface area contributed by atoms with Gasteiger partial charge >= 0.3 is 0 Å². The molecule has 2 heterocycles. The second-order valence-electron chi connectivity index (χ2n) is 4.19. The van der Waals surface area contributed by atoms with E-state index in [-0.39, 0.29) is 0 Å². The van der Waals surface area contributed by atoms with Gasteiger partial charge in [0, 0.05) is 13.1 Å². The fourth-order valence-corrected chi connectivity index (χ4v) is 2.21. The minimum atomic E-state index is 0.778. The summed E-state index contributed by atoms with van der Waals surface area (Å²) in [7, 11) is 0. The van der Waals surface area contributed by atoms with Crippen molar-refractivity contribution in [1.82, 2.24) is 20.2 Å². The summed E-state index contributed by atoms with van der Waals surface area (Å²) in [6.45, 7) is 2.18. The van der Waals surface area contributed by atoms with Gasteiger partial charge in [0.25, 0.3) is 0 Å². The van der Waals surface area contributed by atoms with Crippen LogP contribution in [0.3, 0.4) is 0 Å². The number of rotatable bonds is 2. The molecule has 0 unspecified atom stereocenters. The molecule has 0 spiro atoms. The van der Waals surface area contributed by atoms with E-state index in [9.17, 15) is 0 Å². The fourth-order valence-electron chi connectivity index (χ4n) is 2.21. The zero-order valence-electron chi connectivity index (χ0n) is 9.45. The Kier molecular flexibility index (Phi) is 2.40. The molecule has 0 aliphatic carbocycles. The minimum absolute atomic E-state index is 0.778. The Morgan fingerprint density at radius 3 is 2.65 bits per heavy atom. The number of tetrazole rings is 1. The summed E-state index contributed by atoms with van der Waals surface area (Å²) in [5.41, 5.74) is 8.86. The average molecular weight is 230 g/mol. The Morgan fingerprint density at radius 2 is 2.00 bits per heavy atom. The van der Waals surface area contributed by atoms with Crippen molar-refractivity contribution in [2.75, 3.05) is 23.7 Å². The van der Waals surface area contributed by atoms with Crippen molar-refractivity contribution in [3.05, 3.63) is 24.5 Å². The molecule has 6 heteroatoms. The molecule has 1 fully saturated rings. The predicted molar refractivity (Wildman–Crippen MR) is 65.0 cm³/mol. The van der Waals surface area contributed by atoms with Crippen LogP contribution in [0.25, 0.3) is 5.69 Å². The Bertz CT molecular complexity index is 501. The molecule has 1 aromatic carbocycles. The van der Waals surface area contributed by atoms with Gasteiger partial charge in [-0.2, -0.15) is 0 Å². The lowest BCUT2D eigenvalue weighted by Gasteiger charge is -2.20. The Morgan fingerprint density at radius 1 is 1.18 bits per heavy atom. The molecular formula is C11H14N6. The molecule has 1 aromatic heterocycles. The second kappa shape index (κ2) is 4.04. The molecule has 3 rings (SSSR count). The summed E-state index contributed by atoms with van der Waals surface area (Å²) in [5, 5.41) is 11.1. The first-order chi connectivity index (χ1) is 8.34. The number of nitrogens with zero attached hydrogens (tertiary/aromatic N) is 5. The van der Waals surface area contributed by atoms with Crippen LogP contribution in [0.1, 0.15) is 12.8 Å². The smallest absolute Gasteiger partial charge is 0.143 e. The molecule has 0 amide bonds. The highest BCUT2D eigenvalue weighted by Crippen LogP contribution is 2.28.